The normalized spacial score (nSPS) is 59.8. The molecule has 3 saturated carbocycles. The molecule has 0 aromatic carbocycles. The van der Waals surface area contributed by atoms with Crippen molar-refractivity contribution < 1.29 is 9.47 Å². The van der Waals surface area contributed by atoms with Gasteiger partial charge in [0.25, 0.3) is 0 Å². The van der Waals surface area contributed by atoms with Crippen molar-refractivity contribution in [3.63, 3.8) is 0 Å². The molecule has 0 unspecified atom stereocenters. The molecule has 0 radical (unpaired) electrons. The van der Waals surface area contributed by atoms with Crippen LogP contribution in [0.15, 0.2) is 11.6 Å². The second-order valence-corrected chi connectivity index (χ2v) is 13.2. The fraction of sp³-hybridized carbons (Fsp3) is 0.926. The first-order chi connectivity index (χ1) is 14.3. The molecule has 0 bridgehead atoms. The van der Waals surface area contributed by atoms with Gasteiger partial charge >= 0.3 is 0 Å². The van der Waals surface area contributed by atoms with Gasteiger partial charge in [0.05, 0.1) is 12.7 Å². The van der Waals surface area contributed by atoms with Crippen molar-refractivity contribution in [1.29, 1.82) is 0 Å². The number of rotatable bonds is 0. The lowest BCUT2D eigenvalue weighted by Crippen LogP contribution is -2.52. The second kappa shape index (κ2) is 6.73. The first-order valence-electron chi connectivity index (χ1n) is 12.9. The Hall–Kier alpha value is -0.0500. The van der Waals surface area contributed by atoms with Crippen LogP contribution in [-0.4, -0.2) is 23.9 Å². The first kappa shape index (κ1) is 20.5. The molecule has 1 spiro atoms. The van der Waals surface area contributed by atoms with Gasteiger partial charge in [-0.25, -0.2) is 0 Å². The van der Waals surface area contributed by atoms with Crippen LogP contribution in [0.25, 0.3) is 0 Å². The largest absolute Gasteiger partial charge is 0.349 e. The molecule has 2 aliphatic heterocycles. The monoisotopic (exact) mass is 432 g/mol. The van der Waals surface area contributed by atoms with E-state index in [1.165, 1.54) is 44.9 Å². The van der Waals surface area contributed by atoms with Gasteiger partial charge in [0.1, 0.15) is 0 Å². The van der Waals surface area contributed by atoms with Crippen LogP contribution in [0.5, 0.6) is 0 Å². The lowest BCUT2D eigenvalue weighted by Gasteiger charge is -2.58. The highest BCUT2D eigenvalue weighted by Gasteiger charge is 2.68. The van der Waals surface area contributed by atoms with Crippen molar-refractivity contribution in [2.45, 2.75) is 103 Å². The third-order valence-electron chi connectivity index (χ3n) is 11.3. The van der Waals surface area contributed by atoms with Gasteiger partial charge < -0.3 is 9.47 Å². The van der Waals surface area contributed by atoms with Crippen LogP contribution in [0.3, 0.4) is 0 Å². The van der Waals surface area contributed by atoms with E-state index in [-0.39, 0.29) is 5.79 Å². The van der Waals surface area contributed by atoms with Gasteiger partial charge in [-0.15, -0.1) is 11.6 Å². The molecule has 6 aliphatic rings. The Kier molecular flexibility index (Phi) is 4.61. The second-order valence-electron chi connectivity index (χ2n) is 12.6. The third kappa shape index (κ3) is 2.62. The highest BCUT2D eigenvalue weighted by molar-refractivity contribution is 6.20. The summed E-state index contributed by atoms with van der Waals surface area (Å²) in [6.07, 6.45) is 14.4. The molecule has 3 heteroatoms. The molecule has 0 aromatic rings. The molecule has 0 amide bonds. The Bertz CT molecular complexity index is 739. The molecular formula is C27H41ClO2. The van der Waals surface area contributed by atoms with Crippen LogP contribution in [0.2, 0.25) is 0 Å². The van der Waals surface area contributed by atoms with E-state index < -0.39 is 0 Å². The molecule has 2 nitrogen and oxygen atoms in total. The van der Waals surface area contributed by atoms with E-state index in [9.17, 15) is 0 Å². The third-order valence-corrected chi connectivity index (χ3v) is 11.7. The van der Waals surface area contributed by atoms with E-state index >= 15 is 0 Å². The average molecular weight is 433 g/mol. The van der Waals surface area contributed by atoms with Gasteiger partial charge in [0.15, 0.2) is 5.79 Å². The molecule has 2 heterocycles. The number of fused-ring (bicyclic) bond motifs is 7. The summed E-state index contributed by atoms with van der Waals surface area (Å²) in [7, 11) is 0. The van der Waals surface area contributed by atoms with Crippen molar-refractivity contribution in [2.75, 3.05) is 6.61 Å². The molecule has 4 aliphatic carbocycles. The molecule has 2 saturated heterocycles. The number of halogens is 1. The van der Waals surface area contributed by atoms with Gasteiger partial charge in [-0.05, 0) is 91.8 Å². The average Bonchev–Trinajstić information content (AvgIpc) is 3.16. The summed E-state index contributed by atoms with van der Waals surface area (Å²) >= 11 is 6.58. The maximum Gasteiger partial charge on any atom is 0.171 e. The minimum absolute atomic E-state index is 0.281. The molecule has 11 atom stereocenters. The Morgan fingerprint density at radius 1 is 1.03 bits per heavy atom. The fourth-order valence-corrected chi connectivity index (χ4v) is 9.91. The number of hydrogen-bond acceptors (Lipinski definition) is 2. The van der Waals surface area contributed by atoms with Crippen LogP contribution in [-0.2, 0) is 9.47 Å². The molecule has 0 aromatic heterocycles. The summed E-state index contributed by atoms with van der Waals surface area (Å²) in [5.74, 6) is 4.11. The van der Waals surface area contributed by atoms with Gasteiger partial charge in [-0.2, -0.15) is 0 Å². The smallest absolute Gasteiger partial charge is 0.171 e. The predicted octanol–water partition coefficient (Wildman–Crippen LogP) is 6.96. The zero-order valence-corrected chi connectivity index (χ0v) is 20.2. The first-order valence-corrected chi connectivity index (χ1v) is 13.4. The van der Waals surface area contributed by atoms with Crippen molar-refractivity contribution in [3.05, 3.63) is 11.6 Å². The fourth-order valence-electron chi connectivity index (χ4n) is 9.63. The van der Waals surface area contributed by atoms with E-state index in [1.54, 1.807) is 5.57 Å². The highest BCUT2D eigenvalue weighted by atomic mass is 35.5. The van der Waals surface area contributed by atoms with E-state index in [0.717, 1.165) is 37.2 Å². The Morgan fingerprint density at radius 2 is 1.87 bits per heavy atom. The van der Waals surface area contributed by atoms with Crippen LogP contribution >= 0.6 is 11.6 Å². The predicted molar refractivity (Wildman–Crippen MR) is 121 cm³/mol. The maximum absolute atomic E-state index is 6.90. The van der Waals surface area contributed by atoms with Gasteiger partial charge in [0, 0.05) is 17.7 Å². The summed E-state index contributed by atoms with van der Waals surface area (Å²) in [4.78, 5) is 0. The van der Waals surface area contributed by atoms with Gasteiger partial charge in [-0.3, -0.25) is 0 Å². The Morgan fingerprint density at radius 3 is 2.63 bits per heavy atom. The summed E-state index contributed by atoms with van der Waals surface area (Å²) in [5, 5.41) is 0.365. The number of ether oxygens (including phenoxy) is 2. The van der Waals surface area contributed by atoms with Gasteiger partial charge in [-0.1, -0.05) is 39.3 Å². The molecule has 5 fully saturated rings. The van der Waals surface area contributed by atoms with E-state index in [0.29, 0.717) is 40.1 Å². The van der Waals surface area contributed by atoms with Crippen LogP contribution < -0.4 is 0 Å². The van der Waals surface area contributed by atoms with Crippen LogP contribution in [0, 0.1) is 46.3 Å². The summed E-state index contributed by atoms with van der Waals surface area (Å²) in [6, 6.07) is 0. The number of allylic oxidation sites excluding steroid dienone is 2. The minimum Gasteiger partial charge on any atom is -0.349 e. The molecule has 6 rings (SSSR count). The van der Waals surface area contributed by atoms with Crippen LogP contribution in [0.1, 0.15) is 85.5 Å². The lowest BCUT2D eigenvalue weighted by molar-refractivity contribution is -0.272. The van der Waals surface area contributed by atoms with Crippen molar-refractivity contribution in [1.82, 2.24) is 0 Å². The molecular weight excluding hydrogens is 392 g/mol. The standard InChI is InChI=1S/C27H41ClO2/c1-16-7-12-27(29-15-16)17(2)24-23(30-27)14-22-20-6-5-18-13-19(28)8-10-25(18,3)21(20)9-11-26(22,24)4/h5,16-17,19-24H,6-15H2,1-4H3/t16-,17+,19-,20+,21-,22-,23-,24-,25-,26-,27+/m0/s1. The highest BCUT2D eigenvalue weighted by Crippen LogP contribution is 2.70. The molecule has 30 heavy (non-hydrogen) atoms. The molecule has 168 valence electrons. The zero-order chi connectivity index (χ0) is 20.9. The summed E-state index contributed by atoms with van der Waals surface area (Å²) in [5.41, 5.74) is 2.53. The summed E-state index contributed by atoms with van der Waals surface area (Å²) in [6.45, 7) is 10.9. The quantitative estimate of drug-likeness (QED) is 0.304. The number of hydrogen-bond donors (Lipinski definition) is 0. The van der Waals surface area contributed by atoms with Crippen molar-refractivity contribution in [2.24, 2.45) is 46.3 Å². The zero-order valence-electron chi connectivity index (χ0n) is 19.5. The molecule has 0 N–H and O–H groups in total. The number of alkyl halides is 1. The van der Waals surface area contributed by atoms with E-state index in [2.05, 4.69) is 33.8 Å². The lowest BCUT2D eigenvalue weighted by atomic mass is 9.47. The van der Waals surface area contributed by atoms with Crippen LogP contribution in [0.4, 0.5) is 0 Å². The van der Waals surface area contributed by atoms with E-state index in [1.807, 2.05) is 0 Å². The van der Waals surface area contributed by atoms with Crippen molar-refractivity contribution in [3.8, 4) is 0 Å². The Labute approximate surface area is 188 Å². The SMILES string of the molecule is C[C@H]1CC[C@@]2(OC1)O[C@H]1C[C@H]3[C@@H]4CC=C5C[C@@H](Cl)CC[C@]5(C)[C@H]4CC[C@]3(C)[C@H]1[C@H]2C. The van der Waals surface area contributed by atoms with Gasteiger partial charge in [0.2, 0.25) is 0 Å². The van der Waals surface area contributed by atoms with Crippen molar-refractivity contribution >= 4 is 11.6 Å². The Balaban J connectivity index is 1.28. The summed E-state index contributed by atoms with van der Waals surface area (Å²) < 4.78 is 13.4. The topological polar surface area (TPSA) is 18.5 Å². The maximum atomic E-state index is 6.90. The minimum atomic E-state index is -0.281. The van der Waals surface area contributed by atoms with E-state index in [4.69, 9.17) is 21.1 Å².